The summed E-state index contributed by atoms with van der Waals surface area (Å²) in [5.41, 5.74) is 1.16. The van der Waals surface area contributed by atoms with Crippen LogP contribution >= 0.6 is 11.6 Å². The topological polar surface area (TPSA) is 69.3 Å². The van der Waals surface area contributed by atoms with E-state index in [9.17, 15) is 4.79 Å². The van der Waals surface area contributed by atoms with Crippen LogP contribution in [-0.4, -0.2) is 15.7 Å². The van der Waals surface area contributed by atoms with Crippen molar-refractivity contribution in [1.82, 2.24) is 9.78 Å². The summed E-state index contributed by atoms with van der Waals surface area (Å²) in [7, 11) is 0. The number of hydrogen-bond donors (Lipinski definition) is 1. The second kappa shape index (κ2) is 9.22. The standard InChI is InChI=1S/C26H20ClN3O3/c27-20-8-4-9-21(15-20)32-17-22-11-12-24(33-22)26(31)28-25-13-14-30(29-25)16-19-7-3-6-18-5-1-2-10-23(18)19/h1-15H,16-17H2,(H,28,29,31). The van der Waals surface area contributed by atoms with Crippen molar-refractivity contribution in [2.24, 2.45) is 0 Å². The zero-order valence-electron chi connectivity index (χ0n) is 17.6. The van der Waals surface area contributed by atoms with Gasteiger partial charge in [0.25, 0.3) is 5.91 Å². The highest BCUT2D eigenvalue weighted by Crippen LogP contribution is 2.21. The molecule has 0 bridgehead atoms. The molecule has 1 amide bonds. The molecule has 0 aliphatic rings. The number of carbonyl (C=O) groups excluding carboxylic acids is 1. The number of nitrogens with zero attached hydrogens (tertiary/aromatic N) is 2. The van der Waals surface area contributed by atoms with Crippen LogP contribution in [0.1, 0.15) is 21.9 Å². The molecular formula is C26H20ClN3O3. The number of furan rings is 1. The number of aromatic nitrogens is 2. The summed E-state index contributed by atoms with van der Waals surface area (Å²) in [6.45, 7) is 0.788. The fourth-order valence-corrected chi connectivity index (χ4v) is 3.77. The van der Waals surface area contributed by atoms with Crippen LogP contribution in [-0.2, 0) is 13.2 Å². The fraction of sp³-hybridized carbons (Fsp3) is 0.0769. The predicted octanol–water partition coefficient (Wildman–Crippen LogP) is 6.16. The number of ether oxygens (including phenoxy) is 1. The number of hydrogen-bond acceptors (Lipinski definition) is 4. The third kappa shape index (κ3) is 4.91. The van der Waals surface area contributed by atoms with Crippen LogP contribution in [0.25, 0.3) is 10.8 Å². The lowest BCUT2D eigenvalue weighted by atomic mass is 10.0. The number of benzene rings is 3. The zero-order chi connectivity index (χ0) is 22.6. The van der Waals surface area contributed by atoms with Gasteiger partial charge in [0.1, 0.15) is 18.1 Å². The third-order valence-electron chi connectivity index (χ3n) is 5.16. The van der Waals surface area contributed by atoms with E-state index in [1.165, 1.54) is 10.8 Å². The number of anilines is 1. The van der Waals surface area contributed by atoms with Crippen molar-refractivity contribution in [1.29, 1.82) is 0 Å². The first-order valence-corrected chi connectivity index (χ1v) is 10.8. The maximum atomic E-state index is 12.6. The second-order valence-corrected chi connectivity index (χ2v) is 7.94. The highest BCUT2D eigenvalue weighted by molar-refractivity contribution is 6.30. The van der Waals surface area contributed by atoms with Gasteiger partial charge in [-0.05, 0) is 46.7 Å². The van der Waals surface area contributed by atoms with E-state index in [1.807, 2.05) is 24.4 Å². The van der Waals surface area contributed by atoms with Crippen LogP contribution in [0.2, 0.25) is 5.02 Å². The Morgan fingerprint density at radius 3 is 2.76 bits per heavy atom. The Kier molecular flexibility index (Phi) is 5.83. The molecule has 1 N–H and O–H groups in total. The molecule has 0 radical (unpaired) electrons. The van der Waals surface area contributed by atoms with Gasteiger partial charge in [0.15, 0.2) is 11.6 Å². The molecule has 3 aromatic carbocycles. The highest BCUT2D eigenvalue weighted by atomic mass is 35.5. The quantitative estimate of drug-likeness (QED) is 0.317. The smallest absolute Gasteiger partial charge is 0.292 e. The van der Waals surface area contributed by atoms with Gasteiger partial charge in [-0.1, -0.05) is 60.1 Å². The van der Waals surface area contributed by atoms with Crippen LogP contribution in [0.3, 0.4) is 0 Å². The molecule has 164 valence electrons. The van der Waals surface area contributed by atoms with Gasteiger partial charge < -0.3 is 14.5 Å². The molecule has 0 unspecified atom stereocenters. The third-order valence-corrected chi connectivity index (χ3v) is 5.39. The average molecular weight is 458 g/mol. The number of halogens is 1. The SMILES string of the molecule is O=C(Nc1ccn(Cc2cccc3ccccc23)n1)c1ccc(COc2cccc(Cl)c2)o1. The van der Waals surface area contributed by atoms with E-state index in [0.717, 1.165) is 5.56 Å². The lowest BCUT2D eigenvalue weighted by molar-refractivity contribution is 0.0992. The molecule has 0 aliphatic heterocycles. The highest BCUT2D eigenvalue weighted by Gasteiger charge is 2.14. The first-order chi connectivity index (χ1) is 16.1. The lowest BCUT2D eigenvalue weighted by Crippen LogP contribution is -2.12. The monoisotopic (exact) mass is 457 g/mol. The molecule has 5 aromatic rings. The summed E-state index contributed by atoms with van der Waals surface area (Å²) in [5.74, 6) is 1.42. The molecule has 0 fully saturated rings. The molecule has 0 atom stereocenters. The molecular weight excluding hydrogens is 438 g/mol. The van der Waals surface area contributed by atoms with E-state index in [4.69, 9.17) is 20.8 Å². The summed E-state index contributed by atoms with van der Waals surface area (Å²) in [6, 6.07) is 26.6. The Balaban J connectivity index is 1.21. The summed E-state index contributed by atoms with van der Waals surface area (Å²) < 4.78 is 13.1. The minimum atomic E-state index is -0.376. The maximum Gasteiger partial charge on any atom is 0.292 e. The van der Waals surface area contributed by atoms with E-state index in [2.05, 4.69) is 34.7 Å². The van der Waals surface area contributed by atoms with Gasteiger partial charge in [-0.25, -0.2) is 0 Å². The number of nitrogens with one attached hydrogen (secondary N) is 1. The minimum absolute atomic E-state index is 0.184. The molecule has 0 saturated carbocycles. The lowest BCUT2D eigenvalue weighted by Gasteiger charge is -2.07. The van der Waals surface area contributed by atoms with Gasteiger partial charge in [-0.15, -0.1) is 0 Å². The van der Waals surface area contributed by atoms with Crippen molar-refractivity contribution >= 4 is 34.1 Å². The van der Waals surface area contributed by atoms with E-state index >= 15 is 0 Å². The summed E-state index contributed by atoms with van der Waals surface area (Å²) in [6.07, 6.45) is 1.84. The zero-order valence-corrected chi connectivity index (χ0v) is 18.3. The van der Waals surface area contributed by atoms with E-state index in [0.29, 0.717) is 28.9 Å². The van der Waals surface area contributed by atoms with Crippen LogP contribution in [0.5, 0.6) is 5.75 Å². The first-order valence-electron chi connectivity index (χ1n) is 10.4. The Bertz CT molecular complexity index is 1420. The van der Waals surface area contributed by atoms with Gasteiger partial charge in [0.2, 0.25) is 0 Å². The number of amides is 1. The van der Waals surface area contributed by atoms with Crippen molar-refractivity contribution in [2.75, 3.05) is 5.32 Å². The van der Waals surface area contributed by atoms with Crippen LogP contribution in [0.15, 0.2) is 95.5 Å². The Morgan fingerprint density at radius 1 is 1.00 bits per heavy atom. The van der Waals surface area contributed by atoms with E-state index in [1.54, 1.807) is 47.1 Å². The first kappa shape index (κ1) is 20.8. The molecule has 5 rings (SSSR count). The minimum Gasteiger partial charge on any atom is -0.486 e. The fourth-order valence-electron chi connectivity index (χ4n) is 3.59. The van der Waals surface area contributed by atoms with Crippen LogP contribution < -0.4 is 10.1 Å². The van der Waals surface area contributed by atoms with E-state index in [-0.39, 0.29) is 18.3 Å². The summed E-state index contributed by atoms with van der Waals surface area (Å²) >= 11 is 5.96. The van der Waals surface area contributed by atoms with Crippen molar-refractivity contribution in [2.45, 2.75) is 13.2 Å². The van der Waals surface area contributed by atoms with Crippen molar-refractivity contribution in [3.8, 4) is 5.75 Å². The van der Waals surface area contributed by atoms with Crippen molar-refractivity contribution < 1.29 is 13.9 Å². The molecule has 2 heterocycles. The molecule has 0 aliphatic carbocycles. The molecule has 0 spiro atoms. The van der Waals surface area contributed by atoms with Crippen LogP contribution in [0.4, 0.5) is 5.82 Å². The van der Waals surface area contributed by atoms with Crippen molar-refractivity contribution in [3.63, 3.8) is 0 Å². The summed E-state index contributed by atoms with van der Waals surface area (Å²) in [5, 5.41) is 10.2. The van der Waals surface area contributed by atoms with E-state index < -0.39 is 0 Å². The van der Waals surface area contributed by atoms with Gasteiger partial charge in [0, 0.05) is 17.3 Å². The number of fused-ring (bicyclic) bond motifs is 1. The molecule has 0 saturated heterocycles. The second-order valence-electron chi connectivity index (χ2n) is 7.50. The Morgan fingerprint density at radius 2 is 1.85 bits per heavy atom. The van der Waals surface area contributed by atoms with Crippen LogP contribution in [0, 0.1) is 0 Å². The largest absolute Gasteiger partial charge is 0.486 e. The van der Waals surface area contributed by atoms with Gasteiger partial charge in [0.05, 0.1) is 6.54 Å². The normalized spacial score (nSPS) is 10.9. The molecule has 6 nitrogen and oxygen atoms in total. The molecule has 7 heteroatoms. The molecule has 2 aromatic heterocycles. The number of rotatable bonds is 7. The summed E-state index contributed by atoms with van der Waals surface area (Å²) in [4.78, 5) is 12.6. The Labute approximate surface area is 195 Å². The molecule has 33 heavy (non-hydrogen) atoms. The van der Waals surface area contributed by atoms with Gasteiger partial charge in [-0.2, -0.15) is 5.10 Å². The Hall–Kier alpha value is -4.03. The van der Waals surface area contributed by atoms with Gasteiger partial charge >= 0.3 is 0 Å². The van der Waals surface area contributed by atoms with Gasteiger partial charge in [-0.3, -0.25) is 9.48 Å². The number of carbonyl (C=O) groups is 1. The predicted molar refractivity (Wildman–Crippen MR) is 128 cm³/mol. The average Bonchev–Trinajstić information content (AvgIpc) is 3.48. The maximum absolute atomic E-state index is 12.6. The van der Waals surface area contributed by atoms with Crippen molar-refractivity contribution in [3.05, 3.63) is 113 Å².